The number of hydrogen-bond acceptors (Lipinski definition) is 3. The molecule has 8 heteroatoms. The molecule has 1 aromatic rings. The van der Waals surface area contributed by atoms with Crippen LogP contribution in [0.25, 0.3) is 0 Å². The highest BCUT2D eigenvalue weighted by atomic mass is 35.5. The van der Waals surface area contributed by atoms with E-state index in [1.165, 1.54) is 16.4 Å². The second-order valence-corrected chi connectivity index (χ2v) is 8.87. The van der Waals surface area contributed by atoms with Crippen molar-refractivity contribution in [2.75, 3.05) is 26.2 Å². The summed E-state index contributed by atoms with van der Waals surface area (Å²) in [6, 6.07) is 4.39. The van der Waals surface area contributed by atoms with Gasteiger partial charge in [-0.15, -0.1) is 0 Å². The van der Waals surface area contributed by atoms with Crippen molar-refractivity contribution >= 4 is 39.1 Å². The SMILES string of the molecule is C[C@@H]1C[C@@H]1C(=O)N1CCN(S(=O)(=O)c2cc(Cl)ccc2Cl)CC1. The van der Waals surface area contributed by atoms with E-state index in [-0.39, 0.29) is 34.8 Å². The van der Waals surface area contributed by atoms with Crippen LogP contribution in [0.5, 0.6) is 0 Å². The number of hydrogen-bond donors (Lipinski definition) is 0. The molecule has 0 unspecified atom stereocenters. The summed E-state index contributed by atoms with van der Waals surface area (Å²) in [6.45, 7) is 3.44. The van der Waals surface area contributed by atoms with E-state index in [0.29, 0.717) is 24.0 Å². The molecule has 1 aliphatic carbocycles. The molecule has 126 valence electrons. The van der Waals surface area contributed by atoms with Crippen molar-refractivity contribution in [2.24, 2.45) is 11.8 Å². The number of benzene rings is 1. The first kappa shape index (κ1) is 17.0. The maximum Gasteiger partial charge on any atom is 0.244 e. The number of carbonyl (C=O) groups excluding carboxylic acids is 1. The van der Waals surface area contributed by atoms with Gasteiger partial charge in [0.15, 0.2) is 0 Å². The monoisotopic (exact) mass is 376 g/mol. The van der Waals surface area contributed by atoms with Crippen LogP contribution >= 0.6 is 23.2 Å². The summed E-state index contributed by atoms with van der Waals surface area (Å²) in [4.78, 5) is 14.0. The van der Waals surface area contributed by atoms with Crippen LogP contribution in [0.15, 0.2) is 23.1 Å². The fourth-order valence-electron chi connectivity index (χ4n) is 2.86. The van der Waals surface area contributed by atoms with E-state index in [0.717, 1.165) is 6.42 Å². The second-order valence-electron chi connectivity index (χ2n) is 6.12. The Bertz CT molecular complexity index is 730. The lowest BCUT2D eigenvalue weighted by molar-refractivity contribution is -0.134. The molecule has 2 fully saturated rings. The van der Waals surface area contributed by atoms with Crippen LogP contribution in [-0.2, 0) is 14.8 Å². The Balaban J connectivity index is 1.71. The lowest BCUT2D eigenvalue weighted by atomic mass is 10.2. The molecule has 1 amide bonds. The van der Waals surface area contributed by atoms with E-state index in [1.807, 2.05) is 0 Å². The van der Waals surface area contributed by atoms with Crippen molar-refractivity contribution in [3.05, 3.63) is 28.2 Å². The van der Waals surface area contributed by atoms with E-state index < -0.39 is 10.0 Å². The highest BCUT2D eigenvalue weighted by Crippen LogP contribution is 2.39. The van der Waals surface area contributed by atoms with E-state index in [2.05, 4.69) is 6.92 Å². The first-order valence-electron chi connectivity index (χ1n) is 7.54. The van der Waals surface area contributed by atoms with Gasteiger partial charge in [-0.3, -0.25) is 4.79 Å². The number of amides is 1. The lowest BCUT2D eigenvalue weighted by Crippen LogP contribution is -2.51. The van der Waals surface area contributed by atoms with Gasteiger partial charge < -0.3 is 4.90 Å². The van der Waals surface area contributed by atoms with Crippen molar-refractivity contribution < 1.29 is 13.2 Å². The Morgan fingerprint density at radius 2 is 1.78 bits per heavy atom. The smallest absolute Gasteiger partial charge is 0.244 e. The molecular formula is C15H18Cl2N2O3S. The van der Waals surface area contributed by atoms with Crippen LogP contribution in [0, 0.1) is 11.8 Å². The fraction of sp³-hybridized carbons (Fsp3) is 0.533. The standard InChI is InChI=1S/C15H18Cl2N2O3S/c1-10-8-12(10)15(20)18-4-6-19(7-5-18)23(21,22)14-9-11(16)2-3-13(14)17/h2-3,9-10,12H,4-8H2,1H3/t10-,12+/m1/s1. The molecular weight excluding hydrogens is 359 g/mol. The predicted molar refractivity (Wildman–Crippen MR) is 89.1 cm³/mol. The highest BCUT2D eigenvalue weighted by molar-refractivity contribution is 7.89. The van der Waals surface area contributed by atoms with Gasteiger partial charge in [-0.25, -0.2) is 8.42 Å². The van der Waals surface area contributed by atoms with Crippen molar-refractivity contribution in [2.45, 2.75) is 18.2 Å². The Labute approximate surface area is 146 Å². The number of nitrogens with zero attached hydrogens (tertiary/aromatic N) is 2. The summed E-state index contributed by atoms with van der Waals surface area (Å²) >= 11 is 11.9. The average Bonchev–Trinajstić information content (AvgIpc) is 3.26. The van der Waals surface area contributed by atoms with Gasteiger partial charge in [0.2, 0.25) is 15.9 Å². The third kappa shape index (κ3) is 3.36. The molecule has 1 saturated carbocycles. The van der Waals surface area contributed by atoms with Gasteiger partial charge in [-0.2, -0.15) is 4.31 Å². The maximum atomic E-state index is 12.7. The molecule has 2 atom stereocenters. The van der Waals surface area contributed by atoms with Crippen LogP contribution in [0.2, 0.25) is 10.0 Å². The van der Waals surface area contributed by atoms with Crippen LogP contribution in [0.3, 0.4) is 0 Å². The summed E-state index contributed by atoms with van der Waals surface area (Å²) < 4.78 is 26.8. The zero-order valence-electron chi connectivity index (χ0n) is 12.7. The summed E-state index contributed by atoms with van der Waals surface area (Å²) in [7, 11) is -3.70. The molecule has 1 saturated heterocycles. The van der Waals surface area contributed by atoms with Crippen LogP contribution in [-0.4, -0.2) is 49.7 Å². The molecule has 0 radical (unpaired) electrons. The minimum Gasteiger partial charge on any atom is -0.340 e. The normalized spacial score (nSPS) is 25.4. The van der Waals surface area contributed by atoms with Crippen molar-refractivity contribution in [1.82, 2.24) is 9.21 Å². The number of carbonyl (C=O) groups is 1. The van der Waals surface area contributed by atoms with Gasteiger partial charge in [0.1, 0.15) is 4.90 Å². The molecule has 5 nitrogen and oxygen atoms in total. The predicted octanol–water partition coefficient (Wildman–Crippen LogP) is 2.48. The molecule has 2 aliphatic rings. The van der Waals surface area contributed by atoms with E-state index in [9.17, 15) is 13.2 Å². The Morgan fingerprint density at radius 3 is 2.35 bits per heavy atom. The number of piperazine rings is 1. The van der Waals surface area contributed by atoms with Gasteiger partial charge >= 0.3 is 0 Å². The van der Waals surface area contributed by atoms with Crippen molar-refractivity contribution in [3.63, 3.8) is 0 Å². The Kier molecular flexibility index (Phi) is 4.62. The van der Waals surface area contributed by atoms with Crippen LogP contribution in [0.4, 0.5) is 0 Å². The van der Waals surface area contributed by atoms with Gasteiger partial charge in [0.25, 0.3) is 0 Å². The zero-order chi connectivity index (χ0) is 16.8. The van der Waals surface area contributed by atoms with E-state index >= 15 is 0 Å². The number of halogens is 2. The highest BCUT2D eigenvalue weighted by Gasteiger charge is 2.42. The molecule has 0 N–H and O–H groups in total. The largest absolute Gasteiger partial charge is 0.340 e. The quantitative estimate of drug-likeness (QED) is 0.813. The van der Waals surface area contributed by atoms with Gasteiger partial charge in [0, 0.05) is 37.1 Å². The first-order chi connectivity index (χ1) is 10.8. The molecule has 23 heavy (non-hydrogen) atoms. The summed E-state index contributed by atoms with van der Waals surface area (Å²) in [5, 5.41) is 0.476. The first-order valence-corrected chi connectivity index (χ1v) is 9.74. The molecule has 1 heterocycles. The van der Waals surface area contributed by atoms with Gasteiger partial charge in [-0.1, -0.05) is 30.1 Å². The molecule has 0 aromatic heterocycles. The summed E-state index contributed by atoms with van der Waals surface area (Å²) in [6.07, 6.45) is 0.940. The maximum absolute atomic E-state index is 12.7. The van der Waals surface area contributed by atoms with Crippen molar-refractivity contribution in [3.8, 4) is 0 Å². The fourth-order valence-corrected chi connectivity index (χ4v) is 5.02. The minimum absolute atomic E-state index is 0.0160. The second kappa shape index (κ2) is 6.24. The summed E-state index contributed by atoms with van der Waals surface area (Å²) in [5.74, 6) is 0.727. The Hall–Kier alpha value is -0.820. The van der Waals surface area contributed by atoms with Gasteiger partial charge in [0.05, 0.1) is 5.02 Å². The van der Waals surface area contributed by atoms with E-state index in [4.69, 9.17) is 23.2 Å². The minimum atomic E-state index is -3.70. The third-order valence-electron chi connectivity index (χ3n) is 4.49. The topological polar surface area (TPSA) is 57.7 Å². The molecule has 0 spiro atoms. The molecule has 1 aromatic carbocycles. The molecule has 0 bridgehead atoms. The third-order valence-corrected chi connectivity index (χ3v) is 7.10. The average molecular weight is 377 g/mol. The number of rotatable bonds is 3. The van der Waals surface area contributed by atoms with Crippen LogP contribution in [0.1, 0.15) is 13.3 Å². The lowest BCUT2D eigenvalue weighted by Gasteiger charge is -2.34. The Morgan fingerprint density at radius 1 is 1.17 bits per heavy atom. The molecule has 1 aliphatic heterocycles. The van der Waals surface area contributed by atoms with Crippen molar-refractivity contribution in [1.29, 1.82) is 0 Å². The van der Waals surface area contributed by atoms with Gasteiger partial charge in [-0.05, 0) is 30.5 Å². The summed E-state index contributed by atoms with van der Waals surface area (Å²) in [5.41, 5.74) is 0. The zero-order valence-corrected chi connectivity index (χ0v) is 15.0. The molecule has 3 rings (SSSR count). The number of sulfonamides is 1. The van der Waals surface area contributed by atoms with E-state index in [1.54, 1.807) is 11.0 Å². The van der Waals surface area contributed by atoms with Crippen LogP contribution < -0.4 is 0 Å².